The second-order valence-electron chi connectivity index (χ2n) is 4.30. The molecular formula is C12H16N4O3S. The predicted molar refractivity (Wildman–Crippen MR) is 74.3 cm³/mol. The van der Waals surface area contributed by atoms with Crippen LogP contribution < -0.4 is 16.0 Å². The van der Waals surface area contributed by atoms with Crippen LogP contribution in [0.4, 0.5) is 5.69 Å². The summed E-state index contributed by atoms with van der Waals surface area (Å²) in [5.74, 6) is 5.84. The average molecular weight is 296 g/mol. The molecule has 4 N–H and O–H groups in total. The van der Waals surface area contributed by atoms with Crippen LogP contribution in [-0.4, -0.2) is 13.6 Å². The minimum absolute atomic E-state index is 0.139. The monoisotopic (exact) mass is 296 g/mol. The van der Waals surface area contributed by atoms with Crippen molar-refractivity contribution in [2.24, 2.45) is 5.84 Å². The van der Waals surface area contributed by atoms with E-state index in [0.717, 1.165) is 5.56 Å². The van der Waals surface area contributed by atoms with Crippen LogP contribution >= 0.6 is 0 Å². The number of rotatable bonds is 5. The van der Waals surface area contributed by atoms with Crippen molar-refractivity contribution >= 4 is 15.7 Å². The number of hydrogen-bond acceptors (Lipinski definition) is 6. The smallest absolute Gasteiger partial charge is 0.240 e. The second-order valence-corrected chi connectivity index (χ2v) is 6.06. The molecule has 0 aliphatic carbocycles. The van der Waals surface area contributed by atoms with Crippen LogP contribution in [0.15, 0.2) is 33.7 Å². The SMILES string of the molecule is Cc1noc(C)c1CNS(=O)(=O)c1ccc(NN)cc1. The molecule has 1 aromatic heterocycles. The number of sulfonamides is 1. The molecule has 20 heavy (non-hydrogen) atoms. The summed E-state index contributed by atoms with van der Waals surface area (Å²) in [5.41, 5.74) is 4.49. The zero-order chi connectivity index (χ0) is 14.8. The molecule has 0 bridgehead atoms. The van der Waals surface area contributed by atoms with Crippen LogP contribution in [0.5, 0.6) is 0 Å². The van der Waals surface area contributed by atoms with E-state index in [-0.39, 0.29) is 11.4 Å². The number of benzene rings is 1. The van der Waals surface area contributed by atoms with Gasteiger partial charge >= 0.3 is 0 Å². The quantitative estimate of drug-likeness (QED) is 0.562. The highest BCUT2D eigenvalue weighted by molar-refractivity contribution is 7.89. The summed E-state index contributed by atoms with van der Waals surface area (Å²) in [4.78, 5) is 0.170. The molecule has 0 radical (unpaired) electrons. The van der Waals surface area contributed by atoms with E-state index in [1.165, 1.54) is 12.1 Å². The first-order chi connectivity index (χ1) is 9.44. The summed E-state index contributed by atoms with van der Waals surface area (Å²) in [6.07, 6.45) is 0. The Morgan fingerprint density at radius 3 is 2.40 bits per heavy atom. The highest BCUT2D eigenvalue weighted by Gasteiger charge is 2.16. The van der Waals surface area contributed by atoms with E-state index in [0.29, 0.717) is 17.1 Å². The Bertz CT molecular complexity index is 672. The van der Waals surface area contributed by atoms with Crippen molar-refractivity contribution in [2.75, 3.05) is 5.43 Å². The molecule has 0 amide bonds. The lowest BCUT2D eigenvalue weighted by Crippen LogP contribution is -2.23. The second kappa shape index (κ2) is 5.61. The lowest BCUT2D eigenvalue weighted by molar-refractivity contribution is 0.392. The summed E-state index contributed by atoms with van der Waals surface area (Å²) in [6.45, 7) is 3.65. The number of nitrogens with zero attached hydrogens (tertiary/aromatic N) is 1. The van der Waals surface area contributed by atoms with Crippen LogP contribution in [0, 0.1) is 13.8 Å². The highest BCUT2D eigenvalue weighted by atomic mass is 32.2. The minimum Gasteiger partial charge on any atom is -0.361 e. The molecular weight excluding hydrogens is 280 g/mol. The van der Waals surface area contributed by atoms with Gasteiger partial charge in [-0.25, -0.2) is 13.1 Å². The Balaban J connectivity index is 2.15. The summed E-state index contributed by atoms with van der Waals surface area (Å²) < 4.78 is 31.8. The number of hydrazine groups is 1. The molecule has 1 heterocycles. The summed E-state index contributed by atoms with van der Waals surface area (Å²) in [5, 5.41) is 3.78. The minimum atomic E-state index is -3.58. The largest absolute Gasteiger partial charge is 0.361 e. The standard InChI is InChI=1S/C12H16N4O3S/c1-8-12(9(2)19-16-8)7-14-20(17,18)11-5-3-10(15-13)4-6-11/h3-6,14-15H,7,13H2,1-2H3. The normalized spacial score (nSPS) is 11.6. The fourth-order valence-electron chi connectivity index (χ4n) is 1.74. The topological polar surface area (TPSA) is 110 Å². The first-order valence-corrected chi connectivity index (χ1v) is 7.40. The van der Waals surface area contributed by atoms with Crippen LogP contribution in [0.25, 0.3) is 0 Å². The van der Waals surface area contributed by atoms with Gasteiger partial charge in [0.1, 0.15) is 5.76 Å². The molecule has 0 saturated carbocycles. The number of nitrogens with one attached hydrogen (secondary N) is 2. The van der Waals surface area contributed by atoms with Gasteiger partial charge < -0.3 is 9.95 Å². The van der Waals surface area contributed by atoms with Crippen molar-refractivity contribution in [3.8, 4) is 0 Å². The maximum absolute atomic E-state index is 12.1. The van der Waals surface area contributed by atoms with E-state index >= 15 is 0 Å². The molecule has 0 fully saturated rings. The van der Waals surface area contributed by atoms with E-state index in [4.69, 9.17) is 10.4 Å². The van der Waals surface area contributed by atoms with Crippen LogP contribution in [0.1, 0.15) is 17.0 Å². The van der Waals surface area contributed by atoms with Crippen LogP contribution in [-0.2, 0) is 16.6 Å². The van der Waals surface area contributed by atoms with Crippen molar-refractivity contribution < 1.29 is 12.9 Å². The molecule has 0 unspecified atom stereocenters. The van der Waals surface area contributed by atoms with Gasteiger partial charge in [0.15, 0.2) is 0 Å². The Labute approximate surface area is 117 Å². The predicted octanol–water partition coefficient (Wildman–Crippen LogP) is 1.06. The fraction of sp³-hybridized carbons (Fsp3) is 0.250. The molecule has 2 aromatic rings. The number of nitrogen functional groups attached to an aromatic ring is 1. The van der Waals surface area contributed by atoms with E-state index in [1.54, 1.807) is 26.0 Å². The Kier molecular flexibility index (Phi) is 4.07. The molecule has 8 heteroatoms. The Morgan fingerprint density at radius 1 is 1.25 bits per heavy atom. The van der Waals surface area contributed by atoms with E-state index in [2.05, 4.69) is 15.3 Å². The van der Waals surface area contributed by atoms with Crippen molar-refractivity contribution in [1.29, 1.82) is 0 Å². The van der Waals surface area contributed by atoms with Crippen molar-refractivity contribution in [3.63, 3.8) is 0 Å². The molecule has 0 saturated heterocycles. The third-order valence-electron chi connectivity index (χ3n) is 2.95. The highest BCUT2D eigenvalue weighted by Crippen LogP contribution is 2.16. The van der Waals surface area contributed by atoms with Gasteiger partial charge in [0.05, 0.1) is 10.6 Å². The lowest BCUT2D eigenvalue weighted by Gasteiger charge is -2.07. The number of anilines is 1. The first kappa shape index (κ1) is 14.5. The lowest BCUT2D eigenvalue weighted by atomic mass is 10.2. The van der Waals surface area contributed by atoms with Crippen LogP contribution in [0.3, 0.4) is 0 Å². The van der Waals surface area contributed by atoms with Gasteiger partial charge in [0.25, 0.3) is 0 Å². The van der Waals surface area contributed by atoms with Gasteiger partial charge in [-0.15, -0.1) is 0 Å². The number of hydrogen-bond donors (Lipinski definition) is 3. The van der Waals surface area contributed by atoms with Gasteiger partial charge in [-0.3, -0.25) is 5.84 Å². The number of aromatic nitrogens is 1. The zero-order valence-corrected chi connectivity index (χ0v) is 12.0. The molecule has 0 spiro atoms. The van der Waals surface area contributed by atoms with Crippen molar-refractivity contribution in [1.82, 2.24) is 9.88 Å². The fourth-order valence-corrected chi connectivity index (χ4v) is 2.73. The summed E-state index contributed by atoms with van der Waals surface area (Å²) >= 11 is 0. The molecule has 0 atom stereocenters. The molecule has 2 rings (SSSR count). The molecule has 0 aliphatic rings. The maximum Gasteiger partial charge on any atom is 0.240 e. The van der Waals surface area contributed by atoms with E-state index in [1.807, 2.05) is 0 Å². The van der Waals surface area contributed by atoms with E-state index in [9.17, 15) is 8.42 Å². The van der Waals surface area contributed by atoms with Gasteiger partial charge in [-0.1, -0.05) is 5.16 Å². The van der Waals surface area contributed by atoms with Gasteiger partial charge in [0.2, 0.25) is 10.0 Å². The third kappa shape index (κ3) is 2.98. The van der Waals surface area contributed by atoms with Crippen molar-refractivity contribution in [2.45, 2.75) is 25.3 Å². The number of aryl methyl sites for hydroxylation is 2. The Morgan fingerprint density at radius 2 is 1.90 bits per heavy atom. The van der Waals surface area contributed by atoms with E-state index < -0.39 is 10.0 Å². The van der Waals surface area contributed by atoms with Gasteiger partial charge in [-0.2, -0.15) is 0 Å². The zero-order valence-electron chi connectivity index (χ0n) is 11.2. The molecule has 7 nitrogen and oxygen atoms in total. The molecule has 1 aromatic carbocycles. The summed E-state index contributed by atoms with van der Waals surface area (Å²) in [6, 6.07) is 6.13. The van der Waals surface area contributed by atoms with Gasteiger partial charge in [-0.05, 0) is 38.1 Å². The third-order valence-corrected chi connectivity index (χ3v) is 4.37. The molecule has 0 aliphatic heterocycles. The molecule has 108 valence electrons. The van der Waals surface area contributed by atoms with Crippen molar-refractivity contribution in [3.05, 3.63) is 41.3 Å². The van der Waals surface area contributed by atoms with Crippen LogP contribution in [0.2, 0.25) is 0 Å². The summed E-state index contributed by atoms with van der Waals surface area (Å²) in [7, 11) is -3.58. The van der Waals surface area contributed by atoms with Gasteiger partial charge in [0, 0.05) is 17.8 Å². The number of nitrogens with two attached hydrogens (primary N) is 1. The first-order valence-electron chi connectivity index (χ1n) is 5.92. The Hall–Kier alpha value is -1.90. The average Bonchev–Trinajstić information content (AvgIpc) is 2.76. The maximum atomic E-state index is 12.1.